The molecule has 0 unspecified atom stereocenters. The maximum Gasteiger partial charge on any atom is 0.365 e. The molecular weight excluding hydrogens is 276 g/mol. The number of nitrogens with zero attached hydrogens (tertiary/aromatic N) is 4. The van der Waals surface area contributed by atoms with E-state index < -0.39 is 10.9 Å². The molecule has 1 heterocycles. The van der Waals surface area contributed by atoms with Crippen LogP contribution in [0.3, 0.4) is 0 Å². The Kier molecular flexibility index (Phi) is 3.03. The summed E-state index contributed by atoms with van der Waals surface area (Å²) in [5.74, 6) is -0.680. The molecule has 0 amide bonds. The summed E-state index contributed by atoms with van der Waals surface area (Å²) in [4.78, 5) is 28.1. The highest BCUT2D eigenvalue weighted by atomic mass is 16.7. The second-order valence-electron chi connectivity index (χ2n) is 4.13. The summed E-state index contributed by atoms with van der Waals surface area (Å²) in [6.07, 6.45) is 0. The van der Waals surface area contributed by atoms with Crippen molar-refractivity contribution in [1.82, 2.24) is 15.2 Å². The molecule has 0 atom stereocenters. The number of carbonyl (C=O) groups excluding carboxylic acids is 1. The standard InChI is InChI=1S/C13H8N4O4/c18-13(9-5-7-10(8-6-9)17(19)20)21-16-12-4-2-1-3-11(12)14-15-16/h1-8H. The summed E-state index contributed by atoms with van der Waals surface area (Å²) in [5.41, 5.74) is 1.22. The van der Waals surface area contributed by atoms with Crippen molar-refractivity contribution in [3.8, 4) is 0 Å². The normalized spacial score (nSPS) is 10.5. The van der Waals surface area contributed by atoms with Crippen LogP contribution in [0.15, 0.2) is 48.5 Å². The quantitative estimate of drug-likeness (QED) is 0.411. The summed E-state index contributed by atoms with van der Waals surface area (Å²) < 4.78 is 0. The molecule has 0 spiro atoms. The number of rotatable bonds is 3. The molecule has 8 nitrogen and oxygen atoms in total. The first-order valence-electron chi connectivity index (χ1n) is 5.93. The predicted octanol–water partition coefficient (Wildman–Crippen LogP) is 1.61. The number of nitro groups is 1. The zero-order valence-corrected chi connectivity index (χ0v) is 10.5. The van der Waals surface area contributed by atoms with E-state index in [9.17, 15) is 14.9 Å². The van der Waals surface area contributed by atoms with Gasteiger partial charge < -0.3 is 4.84 Å². The van der Waals surface area contributed by atoms with E-state index in [0.29, 0.717) is 11.0 Å². The van der Waals surface area contributed by atoms with Crippen LogP contribution in [0, 0.1) is 10.1 Å². The number of para-hydroxylation sites is 1. The van der Waals surface area contributed by atoms with Gasteiger partial charge in [-0.05, 0) is 29.5 Å². The molecule has 0 aliphatic rings. The number of aromatic nitrogens is 3. The number of nitro benzene ring substituents is 1. The van der Waals surface area contributed by atoms with Crippen LogP contribution in [0.25, 0.3) is 11.0 Å². The second-order valence-corrected chi connectivity index (χ2v) is 4.13. The molecule has 0 aliphatic heterocycles. The van der Waals surface area contributed by atoms with Crippen LogP contribution in [-0.2, 0) is 0 Å². The Bertz CT molecular complexity index is 826. The van der Waals surface area contributed by atoms with Gasteiger partial charge in [0.2, 0.25) is 0 Å². The van der Waals surface area contributed by atoms with Gasteiger partial charge in [-0.1, -0.05) is 17.0 Å². The van der Waals surface area contributed by atoms with Crippen LogP contribution in [-0.4, -0.2) is 26.0 Å². The van der Waals surface area contributed by atoms with E-state index in [0.717, 1.165) is 4.85 Å². The van der Waals surface area contributed by atoms with Crippen molar-refractivity contribution in [3.05, 3.63) is 64.2 Å². The summed E-state index contributed by atoms with van der Waals surface area (Å²) in [6, 6.07) is 12.1. The molecule has 0 fully saturated rings. The molecule has 1 aromatic heterocycles. The van der Waals surface area contributed by atoms with Crippen LogP contribution >= 0.6 is 0 Å². The fourth-order valence-corrected chi connectivity index (χ4v) is 1.77. The molecule has 104 valence electrons. The van der Waals surface area contributed by atoms with Gasteiger partial charge in [0.25, 0.3) is 5.69 Å². The van der Waals surface area contributed by atoms with Crippen molar-refractivity contribution in [2.75, 3.05) is 0 Å². The van der Waals surface area contributed by atoms with Gasteiger partial charge >= 0.3 is 5.97 Å². The maximum atomic E-state index is 12.0. The highest BCUT2D eigenvalue weighted by molar-refractivity contribution is 5.90. The number of benzene rings is 2. The van der Waals surface area contributed by atoms with Crippen molar-refractivity contribution >= 4 is 22.7 Å². The predicted molar refractivity (Wildman–Crippen MR) is 71.5 cm³/mol. The second kappa shape index (κ2) is 5.00. The first kappa shape index (κ1) is 12.7. The molecule has 3 rings (SSSR count). The van der Waals surface area contributed by atoms with Gasteiger partial charge in [-0.15, -0.1) is 5.10 Å². The molecule has 0 N–H and O–H groups in total. The highest BCUT2D eigenvalue weighted by Crippen LogP contribution is 2.13. The van der Waals surface area contributed by atoms with Crippen LogP contribution in [0.2, 0.25) is 0 Å². The average Bonchev–Trinajstić information content (AvgIpc) is 2.91. The first-order valence-corrected chi connectivity index (χ1v) is 5.93. The Morgan fingerprint density at radius 2 is 1.86 bits per heavy atom. The van der Waals surface area contributed by atoms with Gasteiger partial charge in [0.15, 0.2) is 0 Å². The molecule has 0 saturated heterocycles. The van der Waals surface area contributed by atoms with Crippen LogP contribution in [0.1, 0.15) is 10.4 Å². The lowest BCUT2D eigenvalue weighted by Gasteiger charge is -2.03. The molecule has 8 heteroatoms. The minimum Gasteiger partial charge on any atom is -0.312 e. The van der Waals surface area contributed by atoms with Crippen molar-refractivity contribution in [2.45, 2.75) is 0 Å². The Morgan fingerprint density at radius 1 is 1.14 bits per heavy atom. The summed E-state index contributed by atoms with van der Waals surface area (Å²) in [6.45, 7) is 0. The highest BCUT2D eigenvalue weighted by Gasteiger charge is 2.14. The molecule has 2 aromatic carbocycles. The van der Waals surface area contributed by atoms with Crippen molar-refractivity contribution in [3.63, 3.8) is 0 Å². The van der Waals surface area contributed by atoms with Crippen molar-refractivity contribution < 1.29 is 14.6 Å². The number of hydrogen-bond donors (Lipinski definition) is 0. The van der Waals surface area contributed by atoms with E-state index in [1.165, 1.54) is 24.3 Å². The van der Waals surface area contributed by atoms with Crippen LogP contribution in [0.5, 0.6) is 0 Å². The summed E-state index contributed by atoms with van der Waals surface area (Å²) >= 11 is 0. The van der Waals surface area contributed by atoms with Gasteiger partial charge in [-0.25, -0.2) is 4.79 Å². The monoisotopic (exact) mass is 284 g/mol. The Balaban J connectivity index is 1.84. The minimum atomic E-state index is -0.680. The van der Waals surface area contributed by atoms with Crippen molar-refractivity contribution in [2.24, 2.45) is 0 Å². The minimum absolute atomic E-state index is 0.0993. The van der Waals surface area contributed by atoms with E-state index in [1.54, 1.807) is 24.3 Å². The SMILES string of the molecule is O=C(On1nnc2ccccc21)c1ccc([N+](=O)[O-])cc1. The maximum absolute atomic E-state index is 12.0. The van der Waals surface area contributed by atoms with Gasteiger partial charge in [-0.3, -0.25) is 10.1 Å². The number of hydrogen-bond acceptors (Lipinski definition) is 6. The smallest absolute Gasteiger partial charge is 0.312 e. The van der Waals surface area contributed by atoms with E-state index in [-0.39, 0.29) is 11.3 Å². The lowest BCUT2D eigenvalue weighted by Crippen LogP contribution is -2.21. The van der Waals surface area contributed by atoms with Gasteiger partial charge in [0.1, 0.15) is 11.0 Å². The van der Waals surface area contributed by atoms with Crippen LogP contribution in [0.4, 0.5) is 5.69 Å². The van der Waals surface area contributed by atoms with E-state index >= 15 is 0 Å². The third kappa shape index (κ3) is 2.41. The number of carbonyl (C=O) groups is 1. The third-order valence-corrected chi connectivity index (χ3v) is 2.80. The summed E-state index contributed by atoms with van der Waals surface area (Å²) in [7, 11) is 0. The fourth-order valence-electron chi connectivity index (χ4n) is 1.77. The molecular formula is C13H8N4O4. The largest absolute Gasteiger partial charge is 0.365 e. The fraction of sp³-hybridized carbons (Fsp3) is 0. The van der Waals surface area contributed by atoms with Gasteiger partial charge in [-0.2, -0.15) is 0 Å². The van der Waals surface area contributed by atoms with E-state index in [4.69, 9.17) is 4.84 Å². The lowest BCUT2D eigenvalue weighted by atomic mass is 10.2. The topological polar surface area (TPSA) is 100 Å². The average molecular weight is 284 g/mol. The molecule has 21 heavy (non-hydrogen) atoms. The molecule has 0 radical (unpaired) electrons. The van der Waals surface area contributed by atoms with Crippen molar-refractivity contribution in [1.29, 1.82) is 0 Å². The summed E-state index contributed by atoms with van der Waals surface area (Å²) in [5, 5.41) is 18.1. The van der Waals surface area contributed by atoms with Crippen LogP contribution < -0.4 is 4.84 Å². The number of fused-ring (bicyclic) bond motifs is 1. The Morgan fingerprint density at radius 3 is 2.57 bits per heavy atom. The molecule has 0 bridgehead atoms. The lowest BCUT2D eigenvalue weighted by molar-refractivity contribution is -0.384. The molecule has 3 aromatic rings. The van der Waals surface area contributed by atoms with Gasteiger partial charge in [0.05, 0.1) is 10.5 Å². The Hall–Kier alpha value is -3.29. The Labute approximate surface area is 117 Å². The molecule has 0 aliphatic carbocycles. The number of non-ortho nitro benzene ring substituents is 1. The zero-order chi connectivity index (χ0) is 14.8. The first-order chi connectivity index (χ1) is 10.1. The zero-order valence-electron chi connectivity index (χ0n) is 10.5. The third-order valence-electron chi connectivity index (χ3n) is 2.80. The van der Waals surface area contributed by atoms with E-state index in [2.05, 4.69) is 10.3 Å². The van der Waals surface area contributed by atoms with Gasteiger partial charge in [0, 0.05) is 12.1 Å². The van der Waals surface area contributed by atoms with E-state index in [1.807, 2.05) is 0 Å². The molecule has 0 saturated carbocycles.